The Balaban J connectivity index is 2.01. The van der Waals surface area contributed by atoms with Crippen LogP contribution in [-0.4, -0.2) is 79.0 Å². The standard InChI is InChI=1S/C32H54N2O17S2/c1-7-31(5)11-10-21-20(29(38)39)13-19(14-32(21,6)18(31)4)43-30-28(45-25(37)12-17(2)3)27(47-53-51-49-41)26(46-52-50-48-40)22(44-30)15-42-24(36)9-8-23(35)34-16-33/h17-22,26-28,30,40-41H,7-16,33H2,1-6H3,(H,34,35)(H,38,39)/p-2/t18?,19?,20?,21?,22-,26+,27+,28?,30+,31?,32?/m0/s1. The third-order valence-corrected chi connectivity index (χ3v) is 12.0. The van der Waals surface area contributed by atoms with Gasteiger partial charge < -0.3 is 45.6 Å². The molecule has 0 bridgehead atoms. The van der Waals surface area contributed by atoms with Crippen LogP contribution < -0.4 is 21.6 Å². The van der Waals surface area contributed by atoms with Crippen molar-refractivity contribution >= 4 is 48.5 Å². The molecule has 306 valence electrons. The Bertz CT molecular complexity index is 1200. The molecule has 1 saturated heterocycles. The van der Waals surface area contributed by atoms with E-state index in [2.05, 4.69) is 51.8 Å². The van der Waals surface area contributed by atoms with E-state index in [4.69, 9.17) is 33.0 Å². The van der Waals surface area contributed by atoms with Gasteiger partial charge in [0.25, 0.3) is 0 Å². The predicted octanol–water partition coefficient (Wildman–Crippen LogP) is 1.72. The number of aliphatic carboxylic acids is 1. The highest BCUT2D eigenvalue weighted by molar-refractivity contribution is 7.90. The van der Waals surface area contributed by atoms with Gasteiger partial charge in [-0.05, 0) is 54.3 Å². The first-order valence-corrected chi connectivity index (χ1v) is 18.9. The molecule has 21 heteroatoms. The highest BCUT2D eigenvalue weighted by atomic mass is 32.2. The zero-order valence-electron chi connectivity index (χ0n) is 30.7. The summed E-state index contributed by atoms with van der Waals surface area (Å²) in [6, 6.07) is 0. The van der Waals surface area contributed by atoms with Crippen LogP contribution in [0, 0.1) is 34.5 Å². The molecule has 3 aliphatic rings. The lowest BCUT2D eigenvalue weighted by Gasteiger charge is -2.60. The van der Waals surface area contributed by atoms with Gasteiger partial charge in [-0.25, -0.2) is 0 Å². The number of esters is 2. The number of carboxylic acids is 1. The van der Waals surface area contributed by atoms with E-state index >= 15 is 0 Å². The van der Waals surface area contributed by atoms with Crippen molar-refractivity contribution in [2.45, 2.75) is 130 Å². The smallest absolute Gasteiger partial charge is 0.306 e. The van der Waals surface area contributed by atoms with E-state index in [-0.39, 0.29) is 80.2 Å². The summed E-state index contributed by atoms with van der Waals surface area (Å²) in [7, 11) is 0. The molecule has 53 heavy (non-hydrogen) atoms. The number of carboxylic acid groups (broad SMARTS) is 1. The number of nitrogens with two attached hydrogens (primary N) is 1. The van der Waals surface area contributed by atoms with Crippen LogP contribution in [0.15, 0.2) is 0 Å². The van der Waals surface area contributed by atoms with Crippen molar-refractivity contribution in [3.05, 3.63) is 0 Å². The van der Waals surface area contributed by atoms with Crippen molar-refractivity contribution in [3.63, 3.8) is 0 Å². The van der Waals surface area contributed by atoms with Gasteiger partial charge in [0, 0.05) is 12.8 Å². The van der Waals surface area contributed by atoms with Gasteiger partial charge in [0.05, 0.1) is 25.1 Å². The monoisotopic (exact) mass is 800 g/mol. The number of amides is 1. The second-order valence-corrected chi connectivity index (χ2v) is 15.6. The molecule has 3 fully saturated rings. The number of fused-ring (bicyclic) bond motifs is 1. The highest BCUT2D eigenvalue weighted by Crippen LogP contribution is 2.62. The molecule has 7 unspecified atom stereocenters. The van der Waals surface area contributed by atoms with E-state index in [1.54, 1.807) is 13.8 Å². The maximum absolute atomic E-state index is 13.2. The fraction of sp³-hybridized carbons (Fsp3) is 0.875. The topological polar surface area (TPSA) is 265 Å². The van der Waals surface area contributed by atoms with E-state index in [1.807, 2.05) is 0 Å². The Morgan fingerprint density at radius 2 is 1.68 bits per heavy atom. The van der Waals surface area contributed by atoms with E-state index in [9.17, 15) is 34.8 Å². The van der Waals surface area contributed by atoms with Gasteiger partial charge in [0.1, 0.15) is 24.9 Å². The number of carbonyl (C=O) groups excluding carboxylic acids is 3. The quantitative estimate of drug-likeness (QED) is 0.0284. The van der Waals surface area contributed by atoms with Crippen molar-refractivity contribution in [2.24, 2.45) is 40.2 Å². The molecular weight excluding hydrogens is 748 g/mol. The number of rotatable bonds is 21. The molecule has 0 spiro atoms. The van der Waals surface area contributed by atoms with Crippen LogP contribution in [0.2, 0.25) is 0 Å². The average Bonchev–Trinajstić information content (AvgIpc) is 3.10. The van der Waals surface area contributed by atoms with E-state index in [0.717, 1.165) is 19.3 Å². The first kappa shape index (κ1) is 45.5. The molecule has 4 N–H and O–H groups in total. The van der Waals surface area contributed by atoms with E-state index < -0.39 is 78.6 Å². The van der Waals surface area contributed by atoms with Crippen LogP contribution in [0.3, 0.4) is 0 Å². The molecule has 19 nitrogen and oxygen atoms in total. The molecule has 0 radical (unpaired) electrons. The summed E-state index contributed by atoms with van der Waals surface area (Å²) < 4.78 is 44.1. The Morgan fingerprint density at radius 3 is 2.26 bits per heavy atom. The predicted molar refractivity (Wildman–Crippen MR) is 178 cm³/mol. The molecule has 0 aromatic heterocycles. The maximum Gasteiger partial charge on any atom is 0.306 e. The summed E-state index contributed by atoms with van der Waals surface area (Å²) in [5.41, 5.74) is 4.81. The number of hydrogen-bond donors (Lipinski definition) is 3. The van der Waals surface area contributed by atoms with Crippen molar-refractivity contribution in [1.29, 1.82) is 0 Å². The molecule has 1 heterocycles. The number of hydrogen-bond acceptors (Lipinski definition) is 19. The van der Waals surface area contributed by atoms with Crippen LogP contribution in [0.4, 0.5) is 0 Å². The Labute approximate surface area is 317 Å². The van der Waals surface area contributed by atoms with E-state index in [0.29, 0.717) is 6.42 Å². The summed E-state index contributed by atoms with van der Waals surface area (Å²) in [5.74, 6) is -3.79. The first-order chi connectivity index (χ1) is 25.1. The minimum Gasteiger partial charge on any atom is -0.691 e. The minimum absolute atomic E-state index is 0.0349. The molecule has 2 saturated carbocycles. The van der Waals surface area contributed by atoms with Crippen LogP contribution in [0.1, 0.15) is 92.9 Å². The summed E-state index contributed by atoms with van der Waals surface area (Å²) in [4.78, 5) is 50.4. The summed E-state index contributed by atoms with van der Waals surface area (Å²) in [6.07, 6.45) is -5.35. The molecule has 2 aliphatic carbocycles. The summed E-state index contributed by atoms with van der Waals surface area (Å²) in [5, 5.41) is 40.9. The largest absolute Gasteiger partial charge is 0.691 e. The lowest BCUT2D eigenvalue weighted by atomic mass is 9.46. The van der Waals surface area contributed by atoms with Gasteiger partial charge >= 0.3 is 17.9 Å². The lowest BCUT2D eigenvalue weighted by Crippen LogP contribution is -2.63. The van der Waals surface area contributed by atoms with Crippen LogP contribution in [0.25, 0.3) is 0 Å². The molecule has 0 aromatic rings. The zero-order chi connectivity index (χ0) is 39.3. The fourth-order valence-electron chi connectivity index (χ4n) is 8.02. The Hall–Kier alpha value is -1.86. The molecule has 3 rings (SSSR count). The average molecular weight is 801 g/mol. The number of ether oxygens (including phenoxy) is 4. The molecule has 0 aromatic carbocycles. The first-order valence-electron chi connectivity index (χ1n) is 17.6. The van der Waals surface area contributed by atoms with Crippen molar-refractivity contribution in [2.75, 3.05) is 13.3 Å². The zero-order valence-corrected chi connectivity index (χ0v) is 32.4. The molecular formula is C32H52N2O17S2-2. The highest BCUT2D eigenvalue weighted by Gasteiger charge is 2.59. The SMILES string of the molecule is CCC1(C)CCC2C(C(=O)O)CC(O[C@@H]3O[C@@H](COC(=O)CCC(=O)NCN)[C@@H](OSOO[O-])[C@@H](OSOO[O-])C3OC(=O)CC(C)C)CC2(C)C1C. The third-order valence-electron chi connectivity index (χ3n) is 11.1. The van der Waals surface area contributed by atoms with E-state index in [1.165, 1.54) is 0 Å². The second kappa shape index (κ2) is 21.4. The van der Waals surface area contributed by atoms with Gasteiger partial charge in [-0.1, -0.05) is 48.0 Å². The second-order valence-electron chi connectivity index (χ2n) is 14.6. The number of carbonyl (C=O) groups is 4. The van der Waals surface area contributed by atoms with Crippen LogP contribution >= 0.6 is 24.6 Å². The van der Waals surface area contributed by atoms with Crippen LogP contribution in [0.5, 0.6) is 0 Å². The number of nitrogens with one attached hydrogen (secondary N) is 1. The van der Waals surface area contributed by atoms with Crippen molar-refractivity contribution < 1.29 is 80.9 Å². The van der Waals surface area contributed by atoms with Crippen molar-refractivity contribution in [3.8, 4) is 0 Å². The third kappa shape index (κ3) is 12.3. The van der Waals surface area contributed by atoms with Crippen molar-refractivity contribution in [1.82, 2.24) is 5.32 Å². The van der Waals surface area contributed by atoms with Crippen LogP contribution in [-0.2, 0) is 65.2 Å². The Morgan fingerprint density at radius 1 is 1.02 bits per heavy atom. The van der Waals surface area contributed by atoms with Gasteiger partial charge in [-0.3, -0.25) is 37.6 Å². The molecule has 1 amide bonds. The fourth-order valence-corrected chi connectivity index (χ4v) is 8.77. The van der Waals surface area contributed by atoms with Gasteiger partial charge in [-0.2, -0.15) is 0 Å². The van der Waals surface area contributed by atoms with Gasteiger partial charge in [0.2, 0.25) is 5.91 Å². The molecule has 1 aliphatic heterocycles. The summed E-state index contributed by atoms with van der Waals surface area (Å²) in [6.45, 7) is 11.5. The van der Waals surface area contributed by atoms with Gasteiger partial charge in [-0.15, -0.1) is 8.67 Å². The van der Waals surface area contributed by atoms with Gasteiger partial charge in [0.15, 0.2) is 37.0 Å². The summed E-state index contributed by atoms with van der Waals surface area (Å²) >= 11 is 0.115. The normalized spacial score (nSPS) is 34.3. The lowest BCUT2D eigenvalue weighted by molar-refractivity contribution is -0.778. The minimum atomic E-state index is -1.48. The maximum atomic E-state index is 13.2. The molecule has 11 atom stereocenters. The Kier molecular flexibility index (Phi) is 18.4.